The van der Waals surface area contributed by atoms with E-state index in [-0.39, 0.29) is 12.5 Å². The third-order valence-electron chi connectivity index (χ3n) is 4.05. The molecule has 2 aromatic heterocycles. The normalized spacial score (nSPS) is 13.7. The topological polar surface area (TPSA) is 75.4 Å². The van der Waals surface area contributed by atoms with Gasteiger partial charge in [-0.25, -0.2) is 4.98 Å². The Hall–Kier alpha value is -2.66. The number of aliphatic hydroxyl groups is 1. The van der Waals surface area contributed by atoms with Gasteiger partial charge in [-0.3, -0.25) is 4.79 Å². The van der Waals surface area contributed by atoms with Crippen LogP contribution >= 0.6 is 0 Å². The van der Waals surface area contributed by atoms with Gasteiger partial charge in [-0.15, -0.1) is 0 Å². The number of aryl methyl sites for hydroxylation is 2. The van der Waals surface area contributed by atoms with Crippen molar-refractivity contribution in [2.45, 2.75) is 26.4 Å². The van der Waals surface area contributed by atoms with Crippen LogP contribution in [0.1, 0.15) is 34.5 Å². The molecule has 5 nitrogen and oxygen atoms in total. The molecule has 1 aromatic carbocycles. The summed E-state index contributed by atoms with van der Waals surface area (Å²) in [6, 6.07) is 12.9. The predicted molar refractivity (Wildman–Crippen MR) is 91.8 cm³/mol. The van der Waals surface area contributed by atoms with Gasteiger partial charge in [0.2, 0.25) is 0 Å². The van der Waals surface area contributed by atoms with E-state index in [0.717, 1.165) is 16.7 Å². The molecule has 0 aliphatic carbocycles. The summed E-state index contributed by atoms with van der Waals surface area (Å²) < 4.78 is 5.46. The van der Waals surface area contributed by atoms with E-state index in [2.05, 4.69) is 10.3 Å². The van der Waals surface area contributed by atoms with E-state index in [4.69, 9.17) is 4.42 Å². The smallest absolute Gasteiger partial charge is 0.270 e. The highest BCUT2D eigenvalue weighted by atomic mass is 16.3. The van der Waals surface area contributed by atoms with Crippen LogP contribution in [0.5, 0.6) is 0 Å². The maximum Gasteiger partial charge on any atom is 0.270 e. The fourth-order valence-electron chi connectivity index (χ4n) is 2.80. The SMILES string of the molecule is Cc1cc(C(C)(O)CNC(=O)c2ccc3ccccc3n2)c(C)o1. The number of benzene rings is 1. The number of fused-ring (bicyclic) bond motifs is 1. The molecule has 24 heavy (non-hydrogen) atoms. The molecular formula is C19H20N2O3. The standard InChI is InChI=1S/C19H20N2O3/c1-12-10-15(13(2)24-12)19(3,23)11-20-18(22)17-9-8-14-6-4-5-7-16(14)21-17/h4-10,23H,11H2,1-3H3,(H,20,22). The number of para-hydroxylation sites is 1. The van der Waals surface area contributed by atoms with Gasteiger partial charge in [0, 0.05) is 10.9 Å². The minimum Gasteiger partial charge on any atom is -0.466 e. The van der Waals surface area contributed by atoms with E-state index in [1.54, 1.807) is 26.0 Å². The molecule has 0 radical (unpaired) electrons. The molecule has 1 amide bonds. The molecule has 124 valence electrons. The van der Waals surface area contributed by atoms with Crippen LogP contribution in [0.25, 0.3) is 10.9 Å². The van der Waals surface area contributed by atoms with Crippen LogP contribution in [-0.2, 0) is 5.60 Å². The largest absolute Gasteiger partial charge is 0.466 e. The molecule has 0 spiro atoms. The van der Waals surface area contributed by atoms with Crippen molar-refractivity contribution in [2.24, 2.45) is 0 Å². The molecule has 0 aliphatic rings. The first-order valence-electron chi connectivity index (χ1n) is 7.81. The van der Waals surface area contributed by atoms with E-state index in [1.165, 1.54) is 0 Å². The average Bonchev–Trinajstić information content (AvgIpc) is 2.91. The van der Waals surface area contributed by atoms with Gasteiger partial charge in [0.25, 0.3) is 5.91 Å². The fourth-order valence-corrected chi connectivity index (χ4v) is 2.80. The van der Waals surface area contributed by atoms with Crippen molar-refractivity contribution in [2.75, 3.05) is 6.54 Å². The number of nitrogens with zero attached hydrogens (tertiary/aromatic N) is 1. The predicted octanol–water partition coefficient (Wildman–Crippen LogP) is 3.08. The number of rotatable bonds is 4. The summed E-state index contributed by atoms with van der Waals surface area (Å²) in [6.45, 7) is 5.34. The molecule has 0 saturated carbocycles. The number of nitrogens with one attached hydrogen (secondary N) is 1. The molecule has 0 aliphatic heterocycles. The highest BCUT2D eigenvalue weighted by Gasteiger charge is 2.28. The van der Waals surface area contributed by atoms with Crippen molar-refractivity contribution in [3.8, 4) is 0 Å². The van der Waals surface area contributed by atoms with Crippen molar-refractivity contribution in [3.05, 3.63) is 65.2 Å². The van der Waals surface area contributed by atoms with E-state index >= 15 is 0 Å². The number of amides is 1. The lowest BCUT2D eigenvalue weighted by Crippen LogP contribution is -2.39. The lowest BCUT2D eigenvalue weighted by atomic mass is 9.96. The van der Waals surface area contributed by atoms with Crippen molar-refractivity contribution in [1.82, 2.24) is 10.3 Å². The third-order valence-corrected chi connectivity index (χ3v) is 4.05. The summed E-state index contributed by atoms with van der Waals surface area (Å²) in [7, 11) is 0. The molecule has 1 atom stereocenters. The first-order chi connectivity index (χ1) is 11.4. The van der Waals surface area contributed by atoms with Crippen molar-refractivity contribution < 1.29 is 14.3 Å². The Morgan fingerprint density at radius 1 is 1.25 bits per heavy atom. The van der Waals surface area contributed by atoms with Crippen molar-refractivity contribution >= 4 is 16.8 Å². The van der Waals surface area contributed by atoms with Crippen LogP contribution in [0.15, 0.2) is 46.9 Å². The van der Waals surface area contributed by atoms with Crippen LogP contribution in [0.3, 0.4) is 0 Å². The van der Waals surface area contributed by atoms with Gasteiger partial charge >= 0.3 is 0 Å². The highest BCUT2D eigenvalue weighted by molar-refractivity contribution is 5.94. The number of hydrogen-bond donors (Lipinski definition) is 2. The highest BCUT2D eigenvalue weighted by Crippen LogP contribution is 2.26. The van der Waals surface area contributed by atoms with Crippen molar-refractivity contribution in [3.63, 3.8) is 0 Å². The summed E-state index contributed by atoms with van der Waals surface area (Å²) in [6.07, 6.45) is 0. The maximum absolute atomic E-state index is 12.3. The Balaban J connectivity index is 1.75. The average molecular weight is 324 g/mol. The van der Waals surface area contributed by atoms with Crippen molar-refractivity contribution in [1.29, 1.82) is 0 Å². The van der Waals surface area contributed by atoms with E-state index in [0.29, 0.717) is 17.0 Å². The second kappa shape index (κ2) is 6.09. The molecule has 0 saturated heterocycles. The lowest BCUT2D eigenvalue weighted by molar-refractivity contribution is 0.0513. The lowest BCUT2D eigenvalue weighted by Gasteiger charge is -2.23. The molecule has 1 unspecified atom stereocenters. The first kappa shape index (κ1) is 16.2. The van der Waals surface area contributed by atoms with Gasteiger partial charge in [0.15, 0.2) is 0 Å². The van der Waals surface area contributed by atoms with Crippen LogP contribution in [0.4, 0.5) is 0 Å². The second-order valence-electron chi connectivity index (χ2n) is 6.17. The number of pyridine rings is 1. The van der Waals surface area contributed by atoms with Gasteiger partial charge in [0.1, 0.15) is 22.8 Å². The van der Waals surface area contributed by atoms with Crippen LogP contribution in [-0.4, -0.2) is 22.5 Å². The summed E-state index contributed by atoms with van der Waals surface area (Å²) in [5.41, 5.74) is 0.545. The summed E-state index contributed by atoms with van der Waals surface area (Å²) in [5, 5.41) is 14.4. The summed E-state index contributed by atoms with van der Waals surface area (Å²) >= 11 is 0. The first-order valence-corrected chi connectivity index (χ1v) is 7.81. The van der Waals surface area contributed by atoms with E-state index < -0.39 is 5.60 Å². The van der Waals surface area contributed by atoms with Gasteiger partial charge < -0.3 is 14.8 Å². The number of furan rings is 1. The van der Waals surface area contributed by atoms with Crippen LogP contribution < -0.4 is 5.32 Å². The maximum atomic E-state index is 12.3. The Morgan fingerprint density at radius 3 is 2.71 bits per heavy atom. The Morgan fingerprint density at radius 2 is 2.00 bits per heavy atom. The van der Waals surface area contributed by atoms with Gasteiger partial charge in [-0.2, -0.15) is 0 Å². The fraction of sp³-hybridized carbons (Fsp3) is 0.263. The van der Waals surface area contributed by atoms with Gasteiger partial charge in [-0.05, 0) is 39.0 Å². The van der Waals surface area contributed by atoms with Crippen LogP contribution in [0.2, 0.25) is 0 Å². The Bertz CT molecular complexity index is 897. The number of carbonyl (C=O) groups is 1. The molecule has 3 aromatic rings. The minimum absolute atomic E-state index is 0.0696. The quantitative estimate of drug-likeness (QED) is 0.773. The van der Waals surface area contributed by atoms with E-state index in [1.807, 2.05) is 37.3 Å². The molecule has 5 heteroatoms. The Kier molecular flexibility index (Phi) is 4.11. The van der Waals surface area contributed by atoms with E-state index in [9.17, 15) is 9.90 Å². The summed E-state index contributed by atoms with van der Waals surface area (Å²) in [4.78, 5) is 16.7. The number of carbonyl (C=O) groups excluding carboxylic acids is 1. The third kappa shape index (κ3) is 3.16. The second-order valence-corrected chi connectivity index (χ2v) is 6.17. The van der Waals surface area contributed by atoms with Crippen LogP contribution in [0, 0.1) is 13.8 Å². The summed E-state index contributed by atoms with van der Waals surface area (Å²) in [5.74, 6) is 1.06. The number of hydrogen-bond acceptors (Lipinski definition) is 4. The monoisotopic (exact) mass is 324 g/mol. The minimum atomic E-state index is -1.21. The molecule has 0 bridgehead atoms. The van der Waals surface area contributed by atoms with Gasteiger partial charge in [-0.1, -0.05) is 24.3 Å². The molecule has 0 fully saturated rings. The Labute approximate surface area is 140 Å². The molecule has 2 heterocycles. The molecular weight excluding hydrogens is 304 g/mol. The zero-order valence-corrected chi connectivity index (χ0v) is 14.0. The zero-order chi connectivity index (χ0) is 17.3. The molecule has 3 rings (SSSR count). The number of aromatic nitrogens is 1. The van der Waals surface area contributed by atoms with Gasteiger partial charge in [0.05, 0.1) is 12.1 Å². The zero-order valence-electron chi connectivity index (χ0n) is 14.0. The molecule has 2 N–H and O–H groups in total.